The fourth-order valence-corrected chi connectivity index (χ4v) is 2.78. The molecule has 0 radical (unpaired) electrons. The number of carbonyl (C=O) groups excluding carboxylic acids is 1. The monoisotopic (exact) mass is 392 g/mol. The second-order valence-corrected chi connectivity index (χ2v) is 8.37. The van der Waals surface area contributed by atoms with Crippen molar-refractivity contribution >= 4 is 17.7 Å². The maximum absolute atomic E-state index is 12.2. The predicted molar refractivity (Wildman–Crippen MR) is 110 cm³/mol. The van der Waals surface area contributed by atoms with Gasteiger partial charge >= 0.3 is 6.03 Å². The van der Waals surface area contributed by atoms with Gasteiger partial charge in [0.25, 0.3) is 0 Å². The lowest BCUT2D eigenvalue weighted by molar-refractivity contribution is 0.261. The second-order valence-electron chi connectivity index (χ2n) is 8.37. The van der Waals surface area contributed by atoms with Crippen LogP contribution in [0.4, 0.5) is 16.4 Å². The van der Waals surface area contributed by atoms with Crippen molar-refractivity contribution in [2.75, 3.05) is 10.6 Å². The summed E-state index contributed by atoms with van der Waals surface area (Å²) in [6.07, 6.45) is 8.84. The standard InChI is InChI=1S/C21H24N6O2/c1-21(2,3)16-9-19(27-29-16)26-20(28)25-17-7-6-14(10-22-17)15-11-23-18(24-12-15)8-13-4-5-13/h6-7,9-13H,4-5,8H2,1-3H3,(H2,22,25,26,27,28). The van der Waals surface area contributed by atoms with Crippen molar-refractivity contribution in [1.82, 2.24) is 20.1 Å². The Kier molecular flexibility index (Phi) is 5.00. The molecule has 0 spiro atoms. The largest absolute Gasteiger partial charge is 0.359 e. The molecule has 1 aliphatic rings. The number of hydrogen-bond acceptors (Lipinski definition) is 6. The Bertz CT molecular complexity index is 985. The Hall–Kier alpha value is -3.29. The van der Waals surface area contributed by atoms with Gasteiger partial charge in [0, 0.05) is 47.6 Å². The Labute approximate surface area is 169 Å². The molecule has 0 saturated heterocycles. The molecule has 3 aromatic heterocycles. The van der Waals surface area contributed by atoms with E-state index < -0.39 is 6.03 Å². The first-order valence-corrected chi connectivity index (χ1v) is 9.69. The van der Waals surface area contributed by atoms with E-state index in [1.54, 1.807) is 18.3 Å². The number of nitrogens with zero attached hydrogens (tertiary/aromatic N) is 4. The molecule has 1 aliphatic carbocycles. The fourth-order valence-electron chi connectivity index (χ4n) is 2.78. The maximum atomic E-state index is 12.2. The van der Waals surface area contributed by atoms with Gasteiger partial charge in [-0.15, -0.1) is 0 Å². The topological polar surface area (TPSA) is 106 Å². The minimum atomic E-state index is -0.438. The van der Waals surface area contributed by atoms with Crippen LogP contribution in [0, 0.1) is 5.92 Å². The van der Waals surface area contributed by atoms with Crippen molar-refractivity contribution in [3.63, 3.8) is 0 Å². The second kappa shape index (κ2) is 7.62. The van der Waals surface area contributed by atoms with Crippen molar-refractivity contribution in [1.29, 1.82) is 0 Å². The van der Waals surface area contributed by atoms with Crippen molar-refractivity contribution in [2.24, 2.45) is 5.92 Å². The summed E-state index contributed by atoms with van der Waals surface area (Å²) in [6.45, 7) is 6.03. The van der Waals surface area contributed by atoms with Crippen LogP contribution >= 0.6 is 0 Å². The summed E-state index contributed by atoms with van der Waals surface area (Å²) in [5, 5.41) is 9.19. The number of aromatic nitrogens is 4. The van der Waals surface area contributed by atoms with E-state index in [-0.39, 0.29) is 5.41 Å². The molecule has 3 heterocycles. The van der Waals surface area contributed by atoms with Gasteiger partial charge in [-0.3, -0.25) is 10.6 Å². The average molecular weight is 392 g/mol. The molecule has 2 amide bonds. The summed E-state index contributed by atoms with van der Waals surface area (Å²) >= 11 is 0. The molecule has 1 saturated carbocycles. The lowest BCUT2D eigenvalue weighted by Crippen LogP contribution is -2.20. The van der Waals surface area contributed by atoms with Gasteiger partial charge in [0.05, 0.1) is 0 Å². The van der Waals surface area contributed by atoms with Gasteiger partial charge in [0.2, 0.25) is 0 Å². The van der Waals surface area contributed by atoms with Gasteiger partial charge in [-0.05, 0) is 30.9 Å². The van der Waals surface area contributed by atoms with Gasteiger partial charge in [0.1, 0.15) is 17.4 Å². The first-order valence-electron chi connectivity index (χ1n) is 9.69. The van der Waals surface area contributed by atoms with E-state index in [9.17, 15) is 4.79 Å². The number of carbonyl (C=O) groups is 1. The molecular weight excluding hydrogens is 368 g/mol. The van der Waals surface area contributed by atoms with Crippen LogP contribution in [0.25, 0.3) is 11.1 Å². The molecule has 3 aromatic rings. The van der Waals surface area contributed by atoms with Gasteiger partial charge in [-0.25, -0.2) is 19.7 Å². The molecule has 0 atom stereocenters. The van der Waals surface area contributed by atoms with Crippen molar-refractivity contribution in [3.05, 3.63) is 48.4 Å². The highest BCUT2D eigenvalue weighted by molar-refractivity contribution is 5.98. The van der Waals surface area contributed by atoms with Crippen molar-refractivity contribution in [2.45, 2.75) is 45.4 Å². The lowest BCUT2D eigenvalue weighted by atomic mass is 9.93. The van der Waals surface area contributed by atoms with E-state index in [1.807, 2.05) is 39.2 Å². The molecule has 8 heteroatoms. The number of amides is 2. The van der Waals surface area contributed by atoms with Crippen LogP contribution in [0.2, 0.25) is 0 Å². The van der Waals surface area contributed by atoms with Gasteiger partial charge in [0.15, 0.2) is 5.82 Å². The lowest BCUT2D eigenvalue weighted by Gasteiger charge is -2.12. The number of nitrogens with one attached hydrogen (secondary N) is 2. The Morgan fingerprint density at radius 3 is 2.31 bits per heavy atom. The molecule has 0 unspecified atom stereocenters. The third kappa shape index (κ3) is 4.96. The number of rotatable bonds is 5. The summed E-state index contributed by atoms with van der Waals surface area (Å²) in [5.41, 5.74) is 1.60. The normalized spacial score (nSPS) is 13.9. The van der Waals surface area contributed by atoms with E-state index in [2.05, 4.69) is 30.7 Å². The van der Waals surface area contributed by atoms with E-state index >= 15 is 0 Å². The summed E-state index contributed by atoms with van der Waals surface area (Å²) in [4.78, 5) is 25.3. The molecule has 0 bridgehead atoms. The minimum absolute atomic E-state index is 0.180. The molecule has 2 N–H and O–H groups in total. The molecular formula is C21H24N6O2. The first-order chi connectivity index (χ1) is 13.9. The van der Waals surface area contributed by atoms with E-state index in [1.165, 1.54) is 12.8 Å². The minimum Gasteiger partial charge on any atom is -0.359 e. The smallest absolute Gasteiger partial charge is 0.326 e. The van der Waals surface area contributed by atoms with Crippen LogP contribution in [0.15, 0.2) is 41.3 Å². The highest BCUT2D eigenvalue weighted by atomic mass is 16.5. The quantitative estimate of drug-likeness (QED) is 0.666. The average Bonchev–Trinajstić information content (AvgIpc) is 3.36. The summed E-state index contributed by atoms with van der Waals surface area (Å²) in [6, 6.07) is 4.88. The highest BCUT2D eigenvalue weighted by Gasteiger charge is 2.22. The number of anilines is 2. The maximum Gasteiger partial charge on any atom is 0.326 e. The third-order valence-electron chi connectivity index (χ3n) is 4.70. The van der Waals surface area contributed by atoms with Gasteiger partial charge < -0.3 is 4.52 Å². The number of urea groups is 1. The number of pyridine rings is 1. The molecule has 0 aliphatic heterocycles. The van der Waals surface area contributed by atoms with Crippen LogP contribution in [0.3, 0.4) is 0 Å². The van der Waals surface area contributed by atoms with E-state index in [4.69, 9.17) is 4.52 Å². The molecule has 1 fully saturated rings. The molecule has 4 rings (SSSR count). The van der Waals surface area contributed by atoms with Crippen LogP contribution in [-0.4, -0.2) is 26.1 Å². The zero-order chi connectivity index (χ0) is 20.4. The molecule has 150 valence electrons. The van der Waals surface area contributed by atoms with Crippen LogP contribution < -0.4 is 10.6 Å². The Morgan fingerprint density at radius 2 is 1.72 bits per heavy atom. The van der Waals surface area contributed by atoms with Crippen LogP contribution in [-0.2, 0) is 11.8 Å². The SMILES string of the molecule is CC(C)(C)c1cc(NC(=O)Nc2ccc(-c3cnc(CC4CC4)nc3)cn2)no1. The predicted octanol–water partition coefficient (Wildman–Crippen LogP) is 4.42. The third-order valence-corrected chi connectivity index (χ3v) is 4.70. The zero-order valence-corrected chi connectivity index (χ0v) is 16.8. The van der Waals surface area contributed by atoms with E-state index in [0.717, 1.165) is 29.3 Å². The first kappa shape index (κ1) is 19.0. The molecule has 29 heavy (non-hydrogen) atoms. The van der Waals surface area contributed by atoms with Crippen molar-refractivity contribution in [3.8, 4) is 11.1 Å². The summed E-state index contributed by atoms with van der Waals surface area (Å²) in [7, 11) is 0. The molecule has 8 nitrogen and oxygen atoms in total. The van der Waals surface area contributed by atoms with Crippen LogP contribution in [0.5, 0.6) is 0 Å². The number of hydrogen-bond donors (Lipinski definition) is 2. The Balaban J connectivity index is 1.35. The molecule has 0 aromatic carbocycles. The highest BCUT2D eigenvalue weighted by Crippen LogP contribution is 2.31. The summed E-state index contributed by atoms with van der Waals surface area (Å²) in [5.74, 6) is 3.13. The van der Waals surface area contributed by atoms with Gasteiger partial charge in [-0.1, -0.05) is 25.9 Å². The Morgan fingerprint density at radius 1 is 1.03 bits per heavy atom. The zero-order valence-electron chi connectivity index (χ0n) is 16.8. The van der Waals surface area contributed by atoms with E-state index in [0.29, 0.717) is 17.4 Å². The summed E-state index contributed by atoms with van der Waals surface area (Å²) < 4.78 is 5.26. The van der Waals surface area contributed by atoms with Crippen molar-refractivity contribution < 1.29 is 9.32 Å². The van der Waals surface area contributed by atoms with Crippen LogP contribution in [0.1, 0.15) is 45.2 Å². The fraction of sp³-hybridized carbons (Fsp3) is 0.381. The van der Waals surface area contributed by atoms with Gasteiger partial charge in [-0.2, -0.15) is 0 Å².